The van der Waals surface area contributed by atoms with E-state index in [1.165, 1.54) is 0 Å². The van der Waals surface area contributed by atoms with Crippen LogP contribution in [0.25, 0.3) is 0 Å². The molecule has 1 aromatic carbocycles. The molecule has 0 aromatic heterocycles. The lowest BCUT2D eigenvalue weighted by Gasteiger charge is -2.29. The molecule has 6 nitrogen and oxygen atoms in total. The van der Waals surface area contributed by atoms with Gasteiger partial charge in [-0.25, -0.2) is 0 Å². The Morgan fingerprint density at radius 3 is 2.58 bits per heavy atom. The molecular weight excluding hydrogens is 308 g/mol. The van der Waals surface area contributed by atoms with Crippen LogP contribution in [-0.4, -0.2) is 35.0 Å². The second-order valence-corrected chi connectivity index (χ2v) is 6.71. The van der Waals surface area contributed by atoms with E-state index in [4.69, 9.17) is 5.11 Å². The van der Waals surface area contributed by atoms with Crippen molar-refractivity contribution in [3.8, 4) is 0 Å². The van der Waals surface area contributed by atoms with Crippen molar-refractivity contribution in [3.63, 3.8) is 0 Å². The molecule has 0 bridgehead atoms. The van der Waals surface area contributed by atoms with Crippen molar-refractivity contribution < 1.29 is 19.5 Å². The lowest BCUT2D eigenvalue weighted by atomic mass is 9.92. The van der Waals surface area contributed by atoms with Crippen molar-refractivity contribution >= 4 is 23.5 Å². The van der Waals surface area contributed by atoms with Crippen LogP contribution < -0.4 is 10.2 Å². The van der Waals surface area contributed by atoms with E-state index in [2.05, 4.69) is 5.32 Å². The number of carbonyl (C=O) groups is 3. The van der Waals surface area contributed by atoms with Crippen LogP contribution in [0.2, 0.25) is 0 Å². The lowest BCUT2D eigenvalue weighted by molar-refractivity contribution is -0.138. The summed E-state index contributed by atoms with van der Waals surface area (Å²) in [7, 11) is 0. The summed E-state index contributed by atoms with van der Waals surface area (Å²) in [5.41, 5.74) is 0.537. The van der Waals surface area contributed by atoms with Gasteiger partial charge in [0, 0.05) is 24.2 Å². The average molecular weight is 330 g/mol. The number of hydrogen-bond donors (Lipinski definition) is 2. The number of nitrogens with one attached hydrogen (secondary N) is 1. The number of nitrogens with zero attached hydrogens (tertiary/aromatic N) is 1. The number of aliphatic carboxylic acids is 1. The smallest absolute Gasteiger partial charge is 0.305 e. The van der Waals surface area contributed by atoms with Crippen LogP contribution in [0.5, 0.6) is 0 Å². The zero-order valence-electron chi connectivity index (χ0n) is 13.6. The van der Waals surface area contributed by atoms with Gasteiger partial charge in [0.15, 0.2) is 0 Å². The summed E-state index contributed by atoms with van der Waals surface area (Å²) in [5.74, 6) is -1.09. The van der Waals surface area contributed by atoms with Crippen LogP contribution in [0.3, 0.4) is 0 Å². The number of carboxylic acids is 1. The minimum atomic E-state index is -0.895. The quantitative estimate of drug-likeness (QED) is 0.867. The topological polar surface area (TPSA) is 86.7 Å². The third-order valence-corrected chi connectivity index (χ3v) is 4.92. The molecule has 2 fully saturated rings. The van der Waals surface area contributed by atoms with E-state index in [9.17, 15) is 14.4 Å². The number of carbonyl (C=O) groups excluding carboxylic acids is 2. The standard InChI is InChI=1S/C18H22N2O4/c21-15-7-4-10-20(15)14-6-3-5-13(11-14)17(24)19-18(12-16(22)23)8-1-2-9-18/h3,5-6,11H,1-2,4,7-10,12H2,(H,19,24)(H,22,23). The Bertz CT molecular complexity index is 665. The first-order chi connectivity index (χ1) is 11.5. The van der Waals surface area contributed by atoms with E-state index >= 15 is 0 Å². The van der Waals surface area contributed by atoms with Crippen molar-refractivity contribution in [1.82, 2.24) is 5.32 Å². The molecule has 1 saturated carbocycles. The van der Waals surface area contributed by atoms with Gasteiger partial charge >= 0.3 is 5.97 Å². The summed E-state index contributed by atoms with van der Waals surface area (Å²) >= 11 is 0. The summed E-state index contributed by atoms with van der Waals surface area (Å²) < 4.78 is 0. The molecule has 24 heavy (non-hydrogen) atoms. The van der Waals surface area contributed by atoms with Gasteiger partial charge < -0.3 is 15.3 Å². The summed E-state index contributed by atoms with van der Waals surface area (Å²) in [5, 5.41) is 12.1. The van der Waals surface area contributed by atoms with Crippen LogP contribution in [0, 0.1) is 0 Å². The fraction of sp³-hybridized carbons (Fsp3) is 0.500. The van der Waals surface area contributed by atoms with Crippen LogP contribution in [-0.2, 0) is 9.59 Å². The third kappa shape index (κ3) is 3.42. The fourth-order valence-corrected chi connectivity index (χ4v) is 3.74. The minimum Gasteiger partial charge on any atom is -0.481 e. The Kier molecular flexibility index (Phi) is 4.55. The maximum Gasteiger partial charge on any atom is 0.305 e. The van der Waals surface area contributed by atoms with Crippen LogP contribution in [0.1, 0.15) is 55.3 Å². The molecule has 0 spiro atoms. The monoisotopic (exact) mass is 330 g/mol. The van der Waals surface area contributed by atoms with Gasteiger partial charge in [-0.15, -0.1) is 0 Å². The second-order valence-electron chi connectivity index (χ2n) is 6.71. The number of amides is 2. The third-order valence-electron chi connectivity index (χ3n) is 4.92. The predicted molar refractivity (Wildman–Crippen MR) is 88.9 cm³/mol. The van der Waals surface area contributed by atoms with Crippen molar-refractivity contribution in [2.75, 3.05) is 11.4 Å². The first-order valence-corrected chi connectivity index (χ1v) is 8.44. The van der Waals surface area contributed by atoms with Gasteiger partial charge in [-0.1, -0.05) is 18.9 Å². The molecule has 1 saturated heterocycles. The Balaban J connectivity index is 1.77. The van der Waals surface area contributed by atoms with Crippen molar-refractivity contribution in [1.29, 1.82) is 0 Å². The molecule has 0 radical (unpaired) electrons. The molecule has 1 aliphatic heterocycles. The van der Waals surface area contributed by atoms with E-state index in [1.807, 2.05) is 6.07 Å². The summed E-state index contributed by atoms with van der Waals surface area (Å²) in [4.78, 5) is 37.3. The molecule has 1 aliphatic carbocycles. The molecule has 2 N–H and O–H groups in total. The van der Waals surface area contributed by atoms with Crippen molar-refractivity contribution in [2.45, 2.75) is 50.5 Å². The molecule has 0 atom stereocenters. The van der Waals surface area contributed by atoms with E-state index < -0.39 is 11.5 Å². The molecular formula is C18H22N2O4. The Labute approximate surface area is 140 Å². The molecule has 1 aromatic rings. The number of carboxylic acid groups (broad SMARTS) is 1. The van der Waals surface area contributed by atoms with E-state index in [1.54, 1.807) is 23.1 Å². The minimum absolute atomic E-state index is 0.0525. The highest BCUT2D eigenvalue weighted by molar-refractivity contribution is 5.99. The van der Waals surface area contributed by atoms with Gasteiger partial charge in [-0.2, -0.15) is 0 Å². The lowest BCUT2D eigenvalue weighted by Crippen LogP contribution is -2.47. The summed E-state index contributed by atoms with van der Waals surface area (Å²) in [6.45, 7) is 0.673. The predicted octanol–water partition coefficient (Wildman–Crippen LogP) is 2.33. The second kappa shape index (κ2) is 6.63. The molecule has 6 heteroatoms. The molecule has 2 amide bonds. The molecule has 0 unspecified atom stereocenters. The van der Waals surface area contributed by atoms with Gasteiger partial charge in [0.2, 0.25) is 5.91 Å². The Morgan fingerprint density at radius 1 is 1.21 bits per heavy atom. The maximum absolute atomic E-state index is 12.6. The number of anilines is 1. The normalized spacial score (nSPS) is 19.5. The van der Waals surface area contributed by atoms with Gasteiger partial charge in [0.25, 0.3) is 5.91 Å². The fourth-order valence-electron chi connectivity index (χ4n) is 3.74. The van der Waals surface area contributed by atoms with Crippen LogP contribution in [0.4, 0.5) is 5.69 Å². The Morgan fingerprint density at radius 2 is 1.96 bits per heavy atom. The zero-order valence-corrected chi connectivity index (χ0v) is 13.6. The highest BCUT2D eigenvalue weighted by atomic mass is 16.4. The summed E-state index contributed by atoms with van der Waals surface area (Å²) in [6.07, 6.45) is 4.55. The highest BCUT2D eigenvalue weighted by Gasteiger charge is 2.37. The van der Waals surface area contributed by atoms with E-state index in [0.29, 0.717) is 31.4 Å². The van der Waals surface area contributed by atoms with Crippen molar-refractivity contribution in [2.24, 2.45) is 0 Å². The first-order valence-electron chi connectivity index (χ1n) is 8.44. The van der Waals surface area contributed by atoms with Gasteiger partial charge in [0.05, 0.1) is 12.0 Å². The summed E-state index contributed by atoms with van der Waals surface area (Å²) in [6, 6.07) is 6.99. The first kappa shape index (κ1) is 16.5. The number of rotatable bonds is 5. The zero-order chi connectivity index (χ0) is 17.2. The molecule has 3 rings (SSSR count). The number of hydrogen-bond acceptors (Lipinski definition) is 3. The number of benzene rings is 1. The largest absolute Gasteiger partial charge is 0.481 e. The van der Waals surface area contributed by atoms with Gasteiger partial charge in [-0.05, 0) is 37.5 Å². The highest BCUT2D eigenvalue weighted by Crippen LogP contribution is 2.33. The molecule has 128 valence electrons. The molecule has 1 heterocycles. The van der Waals surface area contributed by atoms with E-state index in [-0.39, 0.29) is 18.2 Å². The van der Waals surface area contributed by atoms with Crippen molar-refractivity contribution in [3.05, 3.63) is 29.8 Å². The van der Waals surface area contributed by atoms with Crippen LogP contribution in [0.15, 0.2) is 24.3 Å². The SMILES string of the molecule is O=C(O)CC1(NC(=O)c2cccc(N3CCCC3=O)c2)CCCC1. The van der Waals surface area contributed by atoms with Gasteiger partial charge in [-0.3, -0.25) is 14.4 Å². The van der Waals surface area contributed by atoms with Gasteiger partial charge in [0.1, 0.15) is 0 Å². The van der Waals surface area contributed by atoms with E-state index in [0.717, 1.165) is 24.9 Å². The Hall–Kier alpha value is -2.37. The molecule has 2 aliphatic rings. The maximum atomic E-state index is 12.6. The van der Waals surface area contributed by atoms with Crippen LogP contribution >= 0.6 is 0 Å². The average Bonchev–Trinajstić information content (AvgIpc) is 3.16.